The molecule has 2 rings (SSSR count). The average molecular weight is 240 g/mol. The number of hydrogen-bond donors (Lipinski definition) is 1. The van der Waals surface area contributed by atoms with Crippen molar-refractivity contribution in [2.24, 2.45) is 11.7 Å². The van der Waals surface area contributed by atoms with E-state index in [1.54, 1.807) is 11.3 Å². The standard InChI is InChI=1S/C12H20N2OS/c1-9-12(16-8-14-9)5-6-15-11-4-2-3-10(11)7-13/h8,10-11H,2-7,13H2,1H3. The summed E-state index contributed by atoms with van der Waals surface area (Å²) in [7, 11) is 0. The molecule has 1 fully saturated rings. The Morgan fingerprint density at radius 2 is 2.44 bits per heavy atom. The summed E-state index contributed by atoms with van der Waals surface area (Å²) >= 11 is 1.72. The van der Waals surface area contributed by atoms with Crippen LogP contribution in [0.1, 0.15) is 29.8 Å². The normalized spacial score (nSPS) is 25.1. The van der Waals surface area contributed by atoms with Crippen LogP contribution >= 0.6 is 11.3 Å². The predicted molar refractivity (Wildman–Crippen MR) is 66.7 cm³/mol. The molecule has 0 aromatic carbocycles. The number of rotatable bonds is 5. The third kappa shape index (κ3) is 2.81. The quantitative estimate of drug-likeness (QED) is 0.857. The lowest BCUT2D eigenvalue weighted by Crippen LogP contribution is -2.26. The molecule has 0 amide bonds. The van der Waals surface area contributed by atoms with Gasteiger partial charge in [-0.2, -0.15) is 0 Å². The van der Waals surface area contributed by atoms with E-state index >= 15 is 0 Å². The highest BCUT2D eigenvalue weighted by Gasteiger charge is 2.26. The van der Waals surface area contributed by atoms with E-state index in [1.807, 2.05) is 5.51 Å². The van der Waals surface area contributed by atoms with E-state index in [1.165, 1.54) is 24.1 Å². The first-order valence-corrected chi connectivity index (χ1v) is 6.90. The van der Waals surface area contributed by atoms with Crippen LogP contribution in [0.4, 0.5) is 0 Å². The molecule has 1 aromatic rings. The van der Waals surface area contributed by atoms with Crippen LogP contribution in [-0.2, 0) is 11.2 Å². The van der Waals surface area contributed by atoms with Crippen LogP contribution in [0.25, 0.3) is 0 Å². The lowest BCUT2D eigenvalue weighted by molar-refractivity contribution is 0.0323. The van der Waals surface area contributed by atoms with Crippen LogP contribution in [0.15, 0.2) is 5.51 Å². The fourth-order valence-corrected chi connectivity index (χ4v) is 3.12. The maximum absolute atomic E-state index is 5.93. The van der Waals surface area contributed by atoms with Gasteiger partial charge in [-0.3, -0.25) is 0 Å². The molecule has 2 atom stereocenters. The van der Waals surface area contributed by atoms with E-state index < -0.39 is 0 Å². The molecule has 2 N–H and O–H groups in total. The van der Waals surface area contributed by atoms with Gasteiger partial charge >= 0.3 is 0 Å². The third-order valence-electron chi connectivity index (χ3n) is 3.40. The summed E-state index contributed by atoms with van der Waals surface area (Å²) in [6.45, 7) is 3.64. The van der Waals surface area contributed by atoms with Crippen molar-refractivity contribution in [3.05, 3.63) is 16.1 Å². The van der Waals surface area contributed by atoms with E-state index in [0.717, 1.165) is 25.3 Å². The van der Waals surface area contributed by atoms with Crippen LogP contribution in [0.2, 0.25) is 0 Å². The smallest absolute Gasteiger partial charge is 0.0797 e. The Hall–Kier alpha value is -0.450. The summed E-state index contributed by atoms with van der Waals surface area (Å²) in [4.78, 5) is 5.59. The van der Waals surface area contributed by atoms with Gasteiger partial charge in [-0.05, 0) is 32.2 Å². The lowest BCUT2D eigenvalue weighted by atomic mass is 10.1. The molecule has 0 bridgehead atoms. The molecule has 1 aliphatic carbocycles. The van der Waals surface area contributed by atoms with Crippen molar-refractivity contribution >= 4 is 11.3 Å². The molecule has 1 aromatic heterocycles. The largest absolute Gasteiger partial charge is 0.378 e. The van der Waals surface area contributed by atoms with Crippen LogP contribution < -0.4 is 5.73 Å². The average Bonchev–Trinajstić information content (AvgIpc) is 2.88. The van der Waals surface area contributed by atoms with Gasteiger partial charge in [-0.25, -0.2) is 4.98 Å². The highest BCUT2D eigenvalue weighted by atomic mass is 32.1. The molecule has 0 radical (unpaired) electrons. The summed E-state index contributed by atoms with van der Waals surface area (Å²) in [5.41, 5.74) is 8.78. The van der Waals surface area contributed by atoms with E-state index in [4.69, 9.17) is 10.5 Å². The molecular formula is C12H20N2OS. The van der Waals surface area contributed by atoms with E-state index in [-0.39, 0.29) is 0 Å². The minimum absolute atomic E-state index is 0.401. The predicted octanol–water partition coefficient (Wildman–Crippen LogP) is 2.14. The maximum atomic E-state index is 5.93. The molecule has 0 aliphatic heterocycles. The highest BCUT2D eigenvalue weighted by Crippen LogP contribution is 2.27. The lowest BCUT2D eigenvalue weighted by Gasteiger charge is -2.18. The Bertz CT molecular complexity index is 327. The van der Waals surface area contributed by atoms with Crippen molar-refractivity contribution in [3.8, 4) is 0 Å². The van der Waals surface area contributed by atoms with Crippen LogP contribution in [0, 0.1) is 12.8 Å². The van der Waals surface area contributed by atoms with Crippen LogP contribution in [-0.4, -0.2) is 24.2 Å². The number of nitrogens with zero attached hydrogens (tertiary/aromatic N) is 1. The Morgan fingerprint density at radius 3 is 3.12 bits per heavy atom. The van der Waals surface area contributed by atoms with Gasteiger partial charge in [-0.15, -0.1) is 11.3 Å². The van der Waals surface area contributed by atoms with Crippen molar-refractivity contribution in [3.63, 3.8) is 0 Å². The van der Waals surface area contributed by atoms with Gasteiger partial charge in [0.25, 0.3) is 0 Å². The number of thiazole rings is 1. The Balaban J connectivity index is 1.74. The number of aryl methyl sites for hydroxylation is 1. The Labute approximate surface area is 101 Å². The second kappa shape index (κ2) is 5.75. The number of hydrogen-bond acceptors (Lipinski definition) is 4. The monoisotopic (exact) mass is 240 g/mol. The molecule has 90 valence electrons. The first-order chi connectivity index (χ1) is 7.81. The summed E-state index contributed by atoms with van der Waals surface area (Å²) in [5.74, 6) is 0.586. The van der Waals surface area contributed by atoms with Gasteiger partial charge in [0.2, 0.25) is 0 Å². The number of nitrogens with two attached hydrogens (primary N) is 1. The minimum Gasteiger partial charge on any atom is -0.378 e. The second-order valence-electron chi connectivity index (χ2n) is 4.45. The van der Waals surface area contributed by atoms with E-state index in [2.05, 4.69) is 11.9 Å². The number of aromatic nitrogens is 1. The van der Waals surface area contributed by atoms with Gasteiger partial charge in [0.1, 0.15) is 0 Å². The Morgan fingerprint density at radius 1 is 1.56 bits per heavy atom. The Kier molecular flexibility index (Phi) is 4.32. The molecule has 1 saturated carbocycles. The van der Waals surface area contributed by atoms with Crippen molar-refractivity contribution in [2.75, 3.05) is 13.2 Å². The van der Waals surface area contributed by atoms with Gasteiger partial charge in [0.15, 0.2) is 0 Å². The fraction of sp³-hybridized carbons (Fsp3) is 0.750. The molecule has 3 nitrogen and oxygen atoms in total. The van der Waals surface area contributed by atoms with Gasteiger partial charge in [-0.1, -0.05) is 6.42 Å². The van der Waals surface area contributed by atoms with E-state index in [0.29, 0.717) is 12.0 Å². The zero-order chi connectivity index (χ0) is 11.4. The zero-order valence-electron chi connectivity index (χ0n) is 9.82. The molecule has 0 spiro atoms. The van der Waals surface area contributed by atoms with E-state index in [9.17, 15) is 0 Å². The summed E-state index contributed by atoms with van der Waals surface area (Å²) in [6, 6.07) is 0. The van der Waals surface area contributed by atoms with Gasteiger partial charge in [0.05, 0.1) is 23.9 Å². The van der Waals surface area contributed by atoms with Crippen molar-refractivity contribution in [1.82, 2.24) is 4.98 Å². The molecule has 2 unspecified atom stereocenters. The maximum Gasteiger partial charge on any atom is 0.0797 e. The second-order valence-corrected chi connectivity index (χ2v) is 5.39. The molecule has 16 heavy (non-hydrogen) atoms. The highest BCUT2D eigenvalue weighted by molar-refractivity contribution is 7.09. The topological polar surface area (TPSA) is 48.1 Å². The molecular weight excluding hydrogens is 220 g/mol. The van der Waals surface area contributed by atoms with Crippen LogP contribution in [0.3, 0.4) is 0 Å². The van der Waals surface area contributed by atoms with Crippen molar-refractivity contribution in [1.29, 1.82) is 0 Å². The van der Waals surface area contributed by atoms with Gasteiger partial charge < -0.3 is 10.5 Å². The summed E-state index contributed by atoms with van der Waals surface area (Å²) in [6.07, 6.45) is 5.08. The molecule has 4 heteroatoms. The number of ether oxygens (including phenoxy) is 1. The fourth-order valence-electron chi connectivity index (χ4n) is 2.36. The van der Waals surface area contributed by atoms with Crippen LogP contribution in [0.5, 0.6) is 0 Å². The minimum atomic E-state index is 0.401. The summed E-state index contributed by atoms with van der Waals surface area (Å²) < 4.78 is 5.93. The summed E-state index contributed by atoms with van der Waals surface area (Å²) in [5, 5.41) is 0. The van der Waals surface area contributed by atoms with Crippen molar-refractivity contribution < 1.29 is 4.74 Å². The first-order valence-electron chi connectivity index (χ1n) is 6.02. The third-order valence-corrected chi connectivity index (χ3v) is 4.39. The SMILES string of the molecule is Cc1ncsc1CCOC1CCCC1CN. The van der Waals surface area contributed by atoms with Gasteiger partial charge in [0, 0.05) is 11.3 Å². The molecule has 0 saturated heterocycles. The zero-order valence-corrected chi connectivity index (χ0v) is 10.6. The van der Waals surface area contributed by atoms with Crippen molar-refractivity contribution in [2.45, 2.75) is 38.7 Å². The molecule has 1 aliphatic rings. The first kappa shape index (κ1) is 12.0. The molecule has 1 heterocycles.